The zero-order chi connectivity index (χ0) is 17.7. The van der Waals surface area contributed by atoms with Crippen molar-refractivity contribution in [3.8, 4) is 0 Å². The second-order valence-corrected chi connectivity index (χ2v) is 7.68. The molecule has 24 heavy (non-hydrogen) atoms. The Kier molecular flexibility index (Phi) is 5.69. The number of rotatable bonds is 7. The third kappa shape index (κ3) is 4.62. The fourth-order valence-electron chi connectivity index (χ4n) is 2.41. The summed E-state index contributed by atoms with van der Waals surface area (Å²) in [6.07, 6.45) is 0.649. The number of nitro groups is 1. The van der Waals surface area contributed by atoms with Gasteiger partial charge in [-0.15, -0.1) is 0 Å². The highest BCUT2D eigenvalue weighted by Gasteiger charge is 2.22. The van der Waals surface area contributed by atoms with E-state index in [-0.39, 0.29) is 16.6 Å². The maximum Gasteiger partial charge on any atom is 0.269 e. The fourth-order valence-corrected chi connectivity index (χ4v) is 3.65. The monoisotopic (exact) mass is 348 g/mol. The molecule has 0 aliphatic rings. The Morgan fingerprint density at radius 3 is 2.12 bits per heavy atom. The van der Waals surface area contributed by atoms with Crippen LogP contribution in [0.1, 0.15) is 31.9 Å². The average Bonchev–Trinajstić information content (AvgIpc) is 2.54. The Bertz CT molecular complexity index is 787. The summed E-state index contributed by atoms with van der Waals surface area (Å²) in [6, 6.07) is 13.9. The van der Waals surface area contributed by atoms with E-state index in [2.05, 4.69) is 4.72 Å². The molecule has 1 atom stereocenters. The van der Waals surface area contributed by atoms with Crippen molar-refractivity contribution in [2.75, 3.05) is 0 Å². The summed E-state index contributed by atoms with van der Waals surface area (Å²) in [6.45, 7) is 4.05. The lowest BCUT2D eigenvalue weighted by atomic mass is 9.98. The van der Waals surface area contributed by atoms with E-state index < -0.39 is 14.9 Å². The standard InChI is InChI=1S/C17H20N2O4S/c1-13(2)12-17(14-6-4-3-5-7-14)18-24(22,23)16-10-8-15(9-11-16)19(20)21/h3-11,13,17-18H,12H2,1-2H3/t17-/m1/s1. The first-order chi connectivity index (χ1) is 11.3. The van der Waals surface area contributed by atoms with Crippen LogP contribution >= 0.6 is 0 Å². The van der Waals surface area contributed by atoms with E-state index in [1.807, 2.05) is 44.2 Å². The molecule has 0 aromatic heterocycles. The summed E-state index contributed by atoms with van der Waals surface area (Å²) in [7, 11) is -3.77. The number of non-ortho nitro benzene ring substituents is 1. The third-order valence-electron chi connectivity index (χ3n) is 3.56. The predicted molar refractivity (Wildman–Crippen MR) is 92.1 cm³/mol. The van der Waals surface area contributed by atoms with Gasteiger partial charge in [0.25, 0.3) is 5.69 Å². The van der Waals surface area contributed by atoms with Crippen LogP contribution in [0.4, 0.5) is 5.69 Å². The van der Waals surface area contributed by atoms with Crippen molar-refractivity contribution in [1.82, 2.24) is 4.72 Å². The van der Waals surface area contributed by atoms with Crippen molar-refractivity contribution in [1.29, 1.82) is 0 Å². The van der Waals surface area contributed by atoms with E-state index in [4.69, 9.17) is 0 Å². The summed E-state index contributed by atoms with van der Waals surface area (Å²) in [5, 5.41) is 10.7. The number of benzene rings is 2. The average molecular weight is 348 g/mol. The zero-order valence-corrected chi connectivity index (χ0v) is 14.4. The van der Waals surface area contributed by atoms with Crippen LogP contribution in [0.5, 0.6) is 0 Å². The molecule has 2 aromatic carbocycles. The quantitative estimate of drug-likeness (QED) is 0.611. The second-order valence-electron chi connectivity index (χ2n) is 5.97. The van der Waals surface area contributed by atoms with Gasteiger partial charge in [0.2, 0.25) is 10.0 Å². The molecule has 0 bridgehead atoms. The lowest BCUT2D eigenvalue weighted by molar-refractivity contribution is -0.384. The van der Waals surface area contributed by atoms with Crippen LogP contribution in [-0.4, -0.2) is 13.3 Å². The molecule has 6 nitrogen and oxygen atoms in total. The van der Waals surface area contributed by atoms with Gasteiger partial charge in [0, 0.05) is 18.2 Å². The van der Waals surface area contributed by atoms with Gasteiger partial charge in [-0.05, 0) is 30.0 Å². The van der Waals surface area contributed by atoms with Crippen LogP contribution < -0.4 is 4.72 Å². The van der Waals surface area contributed by atoms with Gasteiger partial charge in [-0.3, -0.25) is 10.1 Å². The minimum absolute atomic E-state index is 0.0118. The van der Waals surface area contributed by atoms with E-state index in [1.54, 1.807) is 0 Å². The molecule has 7 heteroatoms. The molecule has 2 aromatic rings. The van der Waals surface area contributed by atoms with Crippen LogP contribution in [0, 0.1) is 16.0 Å². The van der Waals surface area contributed by atoms with Crippen molar-refractivity contribution >= 4 is 15.7 Å². The Hall–Kier alpha value is -2.25. The molecule has 0 heterocycles. The topological polar surface area (TPSA) is 89.3 Å². The van der Waals surface area contributed by atoms with Crippen LogP contribution in [0.15, 0.2) is 59.5 Å². The molecule has 0 amide bonds. The highest BCUT2D eigenvalue weighted by molar-refractivity contribution is 7.89. The molecule has 0 saturated heterocycles. The Morgan fingerprint density at radius 1 is 1.04 bits per heavy atom. The van der Waals surface area contributed by atoms with E-state index in [0.29, 0.717) is 12.3 Å². The van der Waals surface area contributed by atoms with Crippen LogP contribution in [0.25, 0.3) is 0 Å². The molecule has 0 spiro atoms. The molecule has 2 rings (SSSR count). The lowest BCUT2D eigenvalue weighted by Gasteiger charge is -2.21. The molecule has 0 aliphatic heterocycles. The summed E-state index contributed by atoms with van der Waals surface area (Å²) >= 11 is 0. The highest BCUT2D eigenvalue weighted by Crippen LogP contribution is 2.24. The van der Waals surface area contributed by atoms with Crippen molar-refractivity contribution in [2.24, 2.45) is 5.92 Å². The van der Waals surface area contributed by atoms with Crippen molar-refractivity contribution < 1.29 is 13.3 Å². The molecule has 0 fully saturated rings. The number of nitro benzene ring substituents is 1. The van der Waals surface area contributed by atoms with Crippen LogP contribution in [-0.2, 0) is 10.0 Å². The van der Waals surface area contributed by atoms with E-state index >= 15 is 0 Å². The lowest BCUT2D eigenvalue weighted by Crippen LogP contribution is -2.29. The number of nitrogens with one attached hydrogen (secondary N) is 1. The highest BCUT2D eigenvalue weighted by atomic mass is 32.2. The first-order valence-electron chi connectivity index (χ1n) is 7.61. The summed E-state index contributed by atoms with van der Waals surface area (Å²) in [5.41, 5.74) is 0.743. The first-order valence-corrected chi connectivity index (χ1v) is 9.09. The van der Waals surface area contributed by atoms with Crippen molar-refractivity contribution in [3.05, 3.63) is 70.3 Å². The number of sulfonamides is 1. The van der Waals surface area contributed by atoms with Gasteiger partial charge in [0.1, 0.15) is 0 Å². The Morgan fingerprint density at radius 2 is 1.62 bits per heavy atom. The van der Waals surface area contributed by atoms with Crippen LogP contribution in [0.2, 0.25) is 0 Å². The number of hydrogen-bond donors (Lipinski definition) is 1. The van der Waals surface area contributed by atoms with Gasteiger partial charge in [-0.2, -0.15) is 0 Å². The fraction of sp³-hybridized carbons (Fsp3) is 0.294. The summed E-state index contributed by atoms with van der Waals surface area (Å²) in [4.78, 5) is 10.1. The Labute approximate surface area is 141 Å². The minimum Gasteiger partial charge on any atom is -0.258 e. The van der Waals surface area contributed by atoms with E-state index in [0.717, 1.165) is 5.56 Å². The minimum atomic E-state index is -3.77. The molecule has 0 saturated carbocycles. The van der Waals surface area contributed by atoms with Gasteiger partial charge in [-0.1, -0.05) is 44.2 Å². The summed E-state index contributed by atoms with van der Waals surface area (Å²) < 4.78 is 27.9. The van der Waals surface area contributed by atoms with Crippen LogP contribution in [0.3, 0.4) is 0 Å². The van der Waals surface area contributed by atoms with Gasteiger partial charge < -0.3 is 0 Å². The number of hydrogen-bond acceptors (Lipinski definition) is 4. The molecule has 0 unspecified atom stereocenters. The van der Waals surface area contributed by atoms with Gasteiger partial charge in [-0.25, -0.2) is 13.1 Å². The van der Waals surface area contributed by atoms with Crippen molar-refractivity contribution in [3.63, 3.8) is 0 Å². The third-order valence-corrected chi connectivity index (χ3v) is 5.05. The molecule has 128 valence electrons. The summed E-state index contributed by atoms with van der Waals surface area (Å²) in [5.74, 6) is 0.301. The SMILES string of the molecule is CC(C)C[C@@H](NS(=O)(=O)c1ccc([N+](=O)[O-])cc1)c1ccccc1. The maximum absolute atomic E-state index is 12.6. The molecular weight excluding hydrogens is 328 g/mol. The van der Waals surface area contributed by atoms with Gasteiger partial charge >= 0.3 is 0 Å². The largest absolute Gasteiger partial charge is 0.269 e. The van der Waals surface area contributed by atoms with Crippen molar-refractivity contribution in [2.45, 2.75) is 31.2 Å². The number of nitrogens with zero attached hydrogens (tertiary/aromatic N) is 1. The predicted octanol–water partition coefficient (Wildman–Crippen LogP) is 3.66. The second kappa shape index (κ2) is 7.55. The molecule has 0 aliphatic carbocycles. The first kappa shape index (κ1) is 18.1. The van der Waals surface area contributed by atoms with E-state index in [1.165, 1.54) is 24.3 Å². The molecular formula is C17H20N2O4S. The smallest absolute Gasteiger partial charge is 0.258 e. The normalized spacial score (nSPS) is 13.0. The molecule has 0 radical (unpaired) electrons. The zero-order valence-electron chi connectivity index (χ0n) is 13.5. The Balaban J connectivity index is 2.28. The van der Waals surface area contributed by atoms with Gasteiger partial charge in [0.05, 0.1) is 9.82 Å². The maximum atomic E-state index is 12.6. The van der Waals surface area contributed by atoms with Gasteiger partial charge in [0.15, 0.2) is 0 Å². The van der Waals surface area contributed by atoms with E-state index in [9.17, 15) is 18.5 Å². The molecule has 1 N–H and O–H groups in total.